The Hall–Kier alpha value is -2.16. The lowest BCUT2D eigenvalue weighted by Crippen LogP contribution is -2.15. The van der Waals surface area contributed by atoms with Gasteiger partial charge in [-0.1, -0.05) is 18.2 Å². The molecule has 0 aliphatic carbocycles. The molecule has 2 heterocycles. The van der Waals surface area contributed by atoms with Gasteiger partial charge in [-0.3, -0.25) is 0 Å². The number of pyridine rings is 1. The number of nitrogens with one attached hydrogen (secondary N) is 1. The SMILES string of the molecule is N#Cc1cc2ccccc2nc1NCCCOC1CCOC1. The van der Waals surface area contributed by atoms with E-state index in [-0.39, 0.29) is 6.10 Å². The highest BCUT2D eigenvalue weighted by molar-refractivity contribution is 5.82. The van der Waals surface area contributed by atoms with Crippen LogP contribution >= 0.6 is 0 Å². The molecule has 2 aromatic rings. The smallest absolute Gasteiger partial charge is 0.144 e. The van der Waals surface area contributed by atoms with Gasteiger partial charge in [-0.2, -0.15) is 5.26 Å². The molecule has 22 heavy (non-hydrogen) atoms. The normalized spacial score (nSPS) is 17.5. The maximum Gasteiger partial charge on any atom is 0.144 e. The van der Waals surface area contributed by atoms with Crippen molar-refractivity contribution in [1.82, 2.24) is 4.98 Å². The first-order chi connectivity index (χ1) is 10.9. The first-order valence-corrected chi connectivity index (χ1v) is 7.60. The van der Waals surface area contributed by atoms with Crippen molar-refractivity contribution < 1.29 is 9.47 Å². The summed E-state index contributed by atoms with van der Waals surface area (Å²) in [7, 11) is 0. The summed E-state index contributed by atoms with van der Waals surface area (Å²) in [5.41, 5.74) is 1.46. The molecule has 114 valence electrons. The summed E-state index contributed by atoms with van der Waals surface area (Å²) in [6.45, 7) is 2.93. The number of hydrogen-bond donors (Lipinski definition) is 1. The minimum Gasteiger partial charge on any atom is -0.379 e. The van der Waals surface area contributed by atoms with Crippen LogP contribution in [0.2, 0.25) is 0 Å². The zero-order chi connectivity index (χ0) is 15.2. The molecule has 5 heteroatoms. The Morgan fingerprint density at radius 3 is 3.14 bits per heavy atom. The fourth-order valence-corrected chi connectivity index (χ4v) is 2.51. The molecular weight excluding hydrogens is 278 g/mol. The van der Waals surface area contributed by atoms with Crippen LogP contribution in [0.25, 0.3) is 10.9 Å². The lowest BCUT2D eigenvalue weighted by atomic mass is 10.1. The molecule has 1 unspecified atom stereocenters. The summed E-state index contributed by atoms with van der Waals surface area (Å²) in [6, 6.07) is 11.9. The Labute approximate surface area is 129 Å². The largest absolute Gasteiger partial charge is 0.379 e. The molecule has 3 rings (SSSR count). The highest BCUT2D eigenvalue weighted by atomic mass is 16.5. The van der Waals surface area contributed by atoms with Crippen LogP contribution in [-0.2, 0) is 9.47 Å². The van der Waals surface area contributed by atoms with E-state index in [0.29, 0.717) is 24.6 Å². The van der Waals surface area contributed by atoms with Gasteiger partial charge in [-0.15, -0.1) is 0 Å². The molecule has 0 amide bonds. The minimum absolute atomic E-state index is 0.244. The Morgan fingerprint density at radius 1 is 1.41 bits per heavy atom. The van der Waals surface area contributed by atoms with Gasteiger partial charge in [0.2, 0.25) is 0 Å². The van der Waals surface area contributed by atoms with E-state index < -0.39 is 0 Å². The fourth-order valence-electron chi connectivity index (χ4n) is 2.51. The maximum atomic E-state index is 9.26. The van der Waals surface area contributed by atoms with Crippen LogP contribution in [0.3, 0.4) is 0 Å². The van der Waals surface area contributed by atoms with Gasteiger partial charge < -0.3 is 14.8 Å². The monoisotopic (exact) mass is 297 g/mol. The molecule has 1 aromatic carbocycles. The summed E-state index contributed by atoms with van der Waals surface area (Å²) in [5.74, 6) is 0.644. The summed E-state index contributed by atoms with van der Waals surface area (Å²) >= 11 is 0. The van der Waals surface area contributed by atoms with E-state index in [1.807, 2.05) is 30.3 Å². The van der Waals surface area contributed by atoms with Gasteiger partial charge in [0.05, 0.1) is 23.8 Å². The van der Waals surface area contributed by atoms with Crippen molar-refractivity contribution >= 4 is 16.7 Å². The van der Waals surface area contributed by atoms with Crippen LogP contribution in [0.1, 0.15) is 18.4 Å². The van der Waals surface area contributed by atoms with Crippen molar-refractivity contribution in [3.8, 4) is 6.07 Å². The van der Waals surface area contributed by atoms with Crippen LogP contribution in [0.4, 0.5) is 5.82 Å². The molecule has 1 aliphatic rings. The number of benzene rings is 1. The Bertz CT molecular complexity index is 675. The van der Waals surface area contributed by atoms with Crippen molar-refractivity contribution in [3.63, 3.8) is 0 Å². The molecule has 5 nitrogen and oxygen atoms in total. The van der Waals surface area contributed by atoms with E-state index >= 15 is 0 Å². The van der Waals surface area contributed by atoms with Crippen LogP contribution < -0.4 is 5.32 Å². The number of para-hydroxylation sites is 1. The maximum absolute atomic E-state index is 9.26. The quantitative estimate of drug-likeness (QED) is 0.830. The number of ether oxygens (including phenoxy) is 2. The third-order valence-electron chi connectivity index (χ3n) is 3.70. The van der Waals surface area contributed by atoms with Crippen LogP contribution in [-0.4, -0.2) is 37.5 Å². The highest BCUT2D eigenvalue weighted by Gasteiger charge is 2.15. The van der Waals surface area contributed by atoms with Gasteiger partial charge in [0.25, 0.3) is 0 Å². The predicted octanol–water partition coefficient (Wildman–Crippen LogP) is 2.71. The third-order valence-corrected chi connectivity index (χ3v) is 3.70. The Kier molecular flexibility index (Phi) is 4.84. The second-order valence-electron chi connectivity index (χ2n) is 5.33. The Morgan fingerprint density at radius 2 is 2.32 bits per heavy atom. The minimum atomic E-state index is 0.244. The van der Waals surface area contributed by atoms with Gasteiger partial charge in [0, 0.05) is 25.1 Å². The number of rotatable bonds is 6. The molecule has 0 spiro atoms. The Balaban J connectivity index is 1.55. The van der Waals surface area contributed by atoms with E-state index in [1.165, 1.54) is 0 Å². The van der Waals surface area contributed by atoms with Gasteiger partial charge in [0.15, 0.2) is 0 Å². The van der Waals surface area contributed by atoms with Crippen LogP contribution in [0, 0.1) is 11.3 Å². The molecule has 0 radical (unpaired) electrons. The van der Waals surface area contributed by atoms with Crippen molar-refractivity contribution in [3.05, 3.63) is 35.9 Å². The third kappa shape index (κ3) is 3.53. The van der Waals surface area contributed by atoms with E-state index in [2.05, 4.69) is 16.4 Å². The number of nitriles is 1. The van der Waals surface area contributed by atoms with Gasteiger partial charge in [-0.25, -0.2) is 4.98 Å². The van der Waals surface area contributed by atoms with Crippen molar-refractivity contribution in [2.75, 3.05) is 31.7 Å². The van der Waals surface area contributed by atoms with Crippen molar-refractivity contribution in [1.29, 1.82) is 5.26 Å². The average Bonchev–Trinajstić information content (AvgIpc) is 3.07. The van der Waals surface area contributed by atoms with E-state index in [0.717, 1.165) is 36.9 Å². The van der Waals surface area contributed by atoms with Crippen molar-refractivity contribution in [2.45, 2.75) is 18.9 Å². The number of aromatic nitrogens is 1. The lowest BCUT2D eigenvalue weighted by molar-refractivity contribution is 0.0427. The fraction of sp³-hybridized carbons (Fsp3) is 0.412. The number of hydrogen-bond acceptors (Lipinski definition) is 5. The average molecular weight is 297 g/mol. The summed E-state index contributed by atoms with van der Waals surface area (Å²) in [5, 5.41) is 13.5. The van der Waals surface area contributed by atoms with E-state index in [1.54, 1.807) is 0 Å². The lowest BCUT2D eigenvalue weighted by Gasteiger charge is -2.11. The molecule has 1 fully saturated rings. The summed E-state index contributed by atoms with van der Waals surface area (Å²) in [6.07, 6.45) is 2.10. The molecule has 0 saturated carbocycles. The molecular formula is C17H19N3O2. The van der Waals surface area contributed by atoms with Gasteiger partial charge in [-0.05, 0) is 25.0 Å². The standard InChI is InChI=1S/C17H19N3O2/c18-11-14-10-13-4-1-2-5-16(13)20-17(14)19-7-3-8-22-15-6-9-21-12-15/h1-2,4-5,10,15H,3,6-9,12H2,(H,19,20). The predicted molar refractivity (Wildman–Crippen MR) is 84.7 cm³/mol. The van der Waals surface area contributed by atoms with Crippen LogP contribution in [0.15, 0.2) is 30.3 Å². The summed E-state index contributed by atoms with van der Waals surface area (Å²) in [4.78, 5) is 4.53. The van der Waals surface area contributed by atoms with Gasteiger partial charge in [0.1, 0.15) is 11.9 Å². The number of anilines is 1. The van der Waals surface area contributed by atoms with Crippen LogP contribution in [0.5, 0.6) is 0 Å². The zero-order valence-electron chi connectivity index (χ0n) is 12.4. The highest BCUT2D eigenvalue weighted by Crippen LogP contribution is 2.19. The number of fused-ring (bicyclic) bond motifs is 1. The molecule has 0 bridgehead atoms. The van der Waals surface area contributed by atoms with E-state index in [4.69, 9.17) is 9.47 Å². The number of nitrogens with zero attached hydrogens (tertiary/aromatic N) is 2. The van der Waals surface area contributed by atoms with E-state index in [9.17, 15) is 5.26 Å². The molecule has 1 saturated heterocycles. The molecule has 1 atom stereocenters. The summed E-state index contributed by atoms with van der Waals surface area (Å²) < 4.78 is 11.0. The van der Waals surface area contributed by atoms with Crippen molar-refractivity contribution in [2.24, 2.45) is 0 Å². The zero-order valence-corrected chi connectivity index (χ0v) is 12.4. The molecule has 1 N–H and O–H groups in total. The topological polar surface area (TPSA) is 67.2 Å². The second-order valence-corrected chi connectivity index (χ2v) is 5.33. The first kappa shape index (κ1) is 14.8. The first-order valence-electron chi connectivity index (χ1n) is 7.60. The molecule has 1 aliphatic heterocycles. The second kappa shape index (κ2) is 7.21. The molecule has 1 aromatic heterocycles. The van der Waals surface area contributed by atoms with Gasteiger partial charge >= 0.3 is 0 Å².